The number of amides is 2. The number of hydrogen-bond donors (Lipinski definition) is 4. The van der Waals surface area contributed by atoms with Gasteiger partial charge in [-0.1, -0.05) is 59.1 Å². The summed E-state index contributed by atoms with van der Waals surface area (Å²) in [6.45, 7) is -0.417. The fourth-order valence-electron chi connectivity index (χ4n) is 6.99. The van der Waals surface area contributed by atoms with Crippen molar-refractivity contribution >= 4 is 46.6 Å². The highest BCUT2D eigenvalue weighted by Gasteiger charge is 2.38. The number of ether oxygens (including phenoxy) is 1. The number of nitrogens with zero attached hydrogens (tertiary/aromatic N) is 4. The molecule has 2 aromatic heterocycles. The maximum absolute atomic E-state index is 13.9. The van der Waals surface area contributed by atoms with Crippen molar-refractivity contribution in [2.45, 2.75) is 49.9 Å². The molecule has 0 unspecified atom stereocenters. The molecule has 0 saturated carbocycles. The number of piperazine rings is 1. The van der Waals surface area contributed by atoms with Crippen molar-refractivity contribution in [2.24, 2.45) is 5.92 Å². The number of alkyl halides is 3. The number of hydrogen-bond acceptors (Lipinski definition) is 8. The van der Waals surface area contributed by atoms with Crippen LogP contribution in [-0.4, -0.2) is 105 Å². The molecular formula is C38H40Cl3F3N6O5. The third kappa shape index (κ3) is 10.7. The van der Waals surface area contributed by atoms with E-state index in [9.17, 15) is 33.0 Å². The van der Waals surface area contributed by atoms with Crippen molar-refractivity contribution in [3.8, 4) is 11.4 Å². The van der Waals surface area contributed by atoms with E-state index in [0.717, 1.165) is 11.1 Å². The normalized spacial score (nSPS) is 20.3. The average Bonchev–Trinajstić information content (AvgIpc) is 3.62. The molecule has 4 N–H and O–H groups in total. The average molecular weight is 824 g/mol. The van der Waals surface area contributed by atoms with E-state index >= 15 is 0 Å². The van der Waals surface area contributed by atoms with Crippen LogP contribution in [-0.2, 0) is 22.6 Å². The number of aliphatic hydroxyl groups is 2. The summed E-state index contributed by atoms with van der Waals surface area (Å²) < 4.78 is 46.9. The van der Waals surface area contributed by atoms with Gasteiger partial charge in [0, 0.05) is 74.7 Å². The van der Waals surface area contributed by atoms with Gasteiger partial charge in [-0.05, 0) is 54.3 Å². The maximum atomic E-state index is 13.9. The smallest absolute Gasteiger partial charge is 0.405 e. The van der Waals surface area contributed by atoms with Crippen LogP contribution in [0.2, 0.25) is 15.1 Å². The van der Waals surface area contributed by atoms with E-state index in [1.807, 2.05) is 39.3 Å². The number of aromatic nitrogens is 2. The lowest BCUT2D eigenvalue weighted by atomic mass is 9.91. The number of carbonyl (C=O) groups is 2. The molecule has 4 heterocycles. The van der Waals surface area contributed by atoms with Crippen molar-refractivity contribution in [3.63, 3.8) is 0 Å². The molecule has 294 valence electrons. The Balaban J connectivity index is 1.15. The van der Waals surface area contributed by atoms with Gasteiger partial charge in [0.25, 0.3) is 0 Å². The number of nitrogens with one attached hydrogen (secondary N) is 2. The molecule has 17 heteroatoms. The highest BCUT2D eigenvalue weighted by atomic mass is 35.5. The number of pyridine rings is 1. The standard InChI is InChI=1S/C38H40Cl3F3N6O5/c39-29-14-26(15-30(40)34(29)41)49-9-7-24(18-49)17-48-10-11-50(31(20-48)37(54)46-22-38(42,43)44)19-27(51)13-25(12-23-4-3-8-45-16-23)36(53)47-35-28-5-1-2-6-33(28)55-21-32(35)52/h1-9,14-16,18,25,27,31-32,35,51-52H,10-13,17,19-22H2,(H,46,54)(H,47,53)/t25-,27+,31+,32-,35+/m1/s1. The van der Waals surface area contributed by atoms with Crippen LogP contribution in [0.15, 0.2) is 79.4 Å². The Labute approximate surface area is 330 Å². The molecular weight excluding hydrogens is 784 g/mol. The number of carbonyl (C=O) groups excluding carboxylic acids is 2. The lowest BCUT2D eigenvalue weighted by Gasteiger charge is -2.41. The van der Waals surface area contributed by atoms with E-state index in [-0.39, 0.29) is 44.1 Å². The zero-order valence-electron chi connectivity index (χ0n) is 29.4. The zero-order valence-corrected chi connectivity index (χ0v) is 31.7. The van der Waals surface area contributed by atoms with Gasteiger partial charge in [-0.2, -0.15) is 13.2 Å². The summed E-state index contributed by atoms with van der Waals surface area (Å²) in [4.78, 5) is 35.0. The Morgan fingerprint density at radius 2 is 1.80 bits per heavy atom. The van der Waals surface area contributed by atoms with E-state index in [2.05, 4.69) is 10.3 Å². The molecule has 1 saturated heterocycles. The molecule has 2 amide bonds. The van der Waals surface area contributed by atoms with E-state index < -0.39 is 54.7 Å². The van der Waals surface area contributed by atoms with Crippen molar-refractivity contribution in [2.75, 3.05) is 39.3 Å². The zero-order chi connectivity index (χ0) is 39.3. The summed E-state index contributed by atoms with van der Waals surface area (Å²) in [5.41, 5.74) is 2.91. The number of rotatable bonds is 13. The molecule has 0 aliphatic carbocycles. The lowest BCUT2D eigenvalue weighted by Crippen LogP contribution is -2.60. The Hall–Kier alpha value is -3.89. The highest BCUT2D eigenvalue weighted by Crippen LogP contribution is 2.34. The van der Waals surface area contributed by atoms with Crippen LogP contribution < -0.4 is 15.4 Å². The Bertz CT molecular complexity index is 1930. The SMILES string of the molecule is O=C(N[C@H]1c2ccccc2OC[C@H]1O)[C@H](Cc1cccnc1)C[C@H](O)CN1CCN(Cc2ccn(-c3cc(Cl)c(Cl)c(Cl)c3)c2)C[C@H]1C(=O)NCC(F)(F)F. The maximum Gasteiger partial charge on any atom is 0.405 e. The van der Waals surface area contributed by atoms with Crippen LogP contribution in [0, 0.1) is 5.92 Å². The van der Waals surface area contributed by atoms with Gasteiger partial charge < -0.3 is 30.2 Å². The predicted octanol–water partition coefficient (Wildman–Crippen LogP) is 5.22. The van der Waals surface area contributed by atoms with Gasteiger partial charge in [0.05, 0.1) is 27.2 Å². The van der Waals surface area contributed by atoms with Gasteiger partial charge in [-0.3, -0.25) is 24.4 Å². The summed E-state index contributed by atoms with van der Waals surface area (Å²) in [7, 11) is 0. The second-order valence-electron chi connectivity index (χ2n) is 13.8. The molecule has 11 nitrogen and oxygen atoms in total. The first kappa shape index (κ1) is 40.8. The van der Waals surface area contributed by atoms with Crippen LogP contribution in [0.5, 0.6) is 5.75 Å². The first-order valence-electron chi connectivity index (χ1n) is 17.6. The van der Waals surface area contributed by atoms with E-state index in [1.165, 1.54) is 0 Å². The minimum Gasteiger partial charge on any atom is -0.490 e. The Kier molecular flexibility index (Phi) is 13.3. The molecule has 55 heavy (non-hydrogen) atoms. The predicted molar refractivity (Wildman–Crippen MR) is 201 cm³/mol. The molecule has 6 rings (SSSR count). The fourth-order valence-corrected chi connectivity index (χ4v) is 7.57. The molecule has 2 aromatic carbocycles. The molecule has 4 aromatic rings. The van der Waals surface area contributed by atoms with Crippen LogP contribution in [0.1, 0.15) is 29.2 Å². The molecule has 0 spiro atoms. The van der Waals surface area contributed by atoms with Crippen LogP contribution >= 0.6 is 34.8 Å². The number of fused-ring (bicyclic) bond motifs is 1. The summed E-state index contributed by atoms with van der Waals surface area (Å²) in [5, 5.41) is 28.0. The molecule has 2 aliphatic heterocycles. The summed E-state index contributed by atoms with van der Waals surface area (Å²) in [6, 6.07) is 14.1. The highest BCUT2D eigenvalue weighted by molar-refractivity contribution is 6.48. The van der Waals surface area contributed by atoms with E-state index in [1.54, 1.807) is 59.8 Å². The number of para-hydroxylation sites is 1. The Morgan fingerprint density at radius 1 is 1.04 bits per heavy atom. The van der Waals surface area contributed by atoms with Gasteiger partial charge in [0.2, 0.25) is 11.8 Å². The molecule has 5 atom stereocenters. The summed E-state index contributed by atoms with van der Waals surface area (Å²) >= 11 is 18.5. The summed E-state index contributed by atoms with van der Waals surface area (Å²) in [5.74, 6) is -1.48. The Morgan fingerprint density at radius 3 is 2.53 bits per heavy atom. The van der Waals surface area contributed by atoms with Gasteiger partial charge in [0.15, 0.2) is 0 Å². The minimum atomic E-state index is -4.61. The number of β-amino-alcohol motifs (C(OH)–C–C–N with tert-alkyl or cyclic N) is 1. The number of halogens is 6. The van der Waals surface area contributed by atoms with E-state index in [4.69, 9.17) is 39.5 Å². The lowest BCUT2D eigenvalue weighted by molar-refractivity contribution is -0.143. The first-order valence-corrected chi connectivity index (χ1v) is 18.8. The van der Waals surface area contributed by atoms with Crippen molar-refractivity contribution in [1.82, 2.24) is 30.0 Å². The van der Waals surface area contributed by atoms with Gasteiger partial charge >= 0.3 is 6.18 Å². The fraction of sp³-hybridized carbons (Fsp3) is 0.395. The van der Waals surface area contributed by atoms with Crippen molar-refractivity contribution in [3.05, 3.63) is 111 Å². The molecule has 0 radical (unpaired) electrons. The van der Waals surface area contributed by atoms with Crippen LogP contribution in [0.4, 0.5) is 13.2 Å². The number of benzene rings is 2. The first-order chi connectivity index (χ1) is 26.2. The van der Waals surface area contributed by atoms with E-state index in [0.29, 0.717) is 40.1 Å². The second-order valence-corrected chi connectivity index (χ2v) is 15.0. The molecule has 1 fully saturated rings. The van der Waals surface area contributed by atoms with Crippen molar-refractivity contribution in [1.29, 1.82) is 0 Å². The monoisotopic (exact) mass is 822 g/mol. The third-order valence-corrected chi connectivity index (χ3v) is 10.9. The molecule has 0 bridgehead atoms. The second kappa shape index (κ2) is 17.9. The number of aliphatic hydroxyl groups excluding tert-OH is 2. The van der Waals surface area contributed by atoms with Crippen molar-refractivity contribution < 1.29 is 37.7 Å². The largest absolute Gasteiger partial charge is 0.490 e. The van der Waals surface area contributed by atoms with Gasteiger partial charge in [0.1, 0.15) is 31.0 Å². The minimum absolute atomic E-state index is 0.0143. The van der Waals surface area contributed by atoms with Gasteiger partial charge in [-0.25, -0.2) is 0 Å². The van der Waals surface area contributed by atoms with Gasteiger partial charge in [-0.15, -0.1) is 0 Å². The van der Waals surface area contributed by atoms with Crippen LogP contribution in [0.25, 0.3) is 5.69 Å². The summed E-state index contributed by atoms with van der Waals surface area (Å²) in [6.07, 6.45) is 0.309. The third-order valence-electron chi connectivity index (χ3n) is 9.69. The molecule has 2 aliphatic rings. The van der Waals surface area contributed by atoms with Crippen LogP contribution in [0.3, 0.4) is 0 Å². The quantitative estimate of drug-likeness (QED) is 0.135. The topological polar surface area (TPSA) is 132 Å².